The summed E-state index contributed by atoms with van der Waals surface area (Å²) in [4.78, 5) is 63.7. The molecule has 0 aromatic heterocycles. The quantitative estimate of drug-likeness (QED) is 0.0381. The molecule has 0 saturated heterocycles. The molecule has 11 N–H and O–H groups in total. The smallest absolute Gasteiger partial charge is 0.326 e. The third-order valence-electron chi connectivity index (χ3n) is 4.63. The molecule has 0 spiro atoms. The third kappa shape index (κ3) is 14.3. The van der Waals surface area contributed by atoms with E-state index in [2.05, 4.69) is 33.6 Å². The van der Waals surface area contributed by atoms with Crippen LogP contribution in [0.15, 0.2) is 4.99 Å². The molecular formula is C19H35N7O7S2. The first kappa shape index (κ1) is 32.3. The highest BCUT2D eigenvalue weighted by Crippen LogP contribution is 2.05. The van der Waals surface area contributed by atoms with E-state index in [-0.39, 0.29) is 37.5 Å². The summed E-state index contributed by atoms with van der Waals surface area (Å²) in [5, 5.41) is 25.3. The molecule has 0 aliphatic carbocycles. The van der Waals surface area contributed by atoms with E-state index in [1.54, 1.807) is 6.26 Å². The van der Waals surface area contributed by atoms with Crippen LogP contribution in [0.25, 0.3) is 0 Å². The zero-order chi connectivity index (χ0) is 27.0. The van der Waals surface area contributed by atoms with Crippen LogP contribution in [0.1, 0.15) is 32.1 Å². The van der Waals surface area contributed by atoms with E-state index in [1.165, 1.54) is 11.8 Å². The van der Waals surface area contributed by atoms with E-state index in [9.17, 15) is 29.1 Å². The summed E-state index contributed by atoms with van der Waals surface area (Å²) in [6.45, 7) is 0.288. The van der Waals surface area contributed by atoms with Gasteiger partial charge in [0.15, 0.2) is 5.96 Å². The van der Waals surface area contributed by atoms with Crippen molar-refractivity contribution in [3.05, 3.63) is 0 Å². The lowest BCUT2D eigenvalue weighted by atomic mass is 10.1. The van der Waals surface area contributed by atoms with Gasteiger partial charge in [0.05, 0.1) is 6.04 Å². The molecule has 0 aliphatic heterocycles. The highest BCUT2D eigenvalue weighted by Gasteiger charge is 2.29. The molecule has 0 aliphatic rings. The number of aliphatic carboxylic acids is 2. The van der Waals surface area contributed by atoms with Crippen molar-refractivity contribution in [2.75, 3.05) is 24.3 Å². The number of nitrogens with zero attached hydrogens (tertiary/aromatic N) is 1. The number of nitrogens with two attached hydrogens (primary N) is 3. The minimum absolute atomic E-state index is 0.0774. The topological polar surface area (TPSA) is 252 Å². The van der Waals surface area contributed by atoms with Gasteiger partial charge >= 0.3 is 11.9 Å². The number of rotatable bonds is 18. The minimum atomic E-state index is -1.44. The van der Waals surface area contributed by atoms with Crippen molar-refractivity contribution in [1.29, 1.82) is 0 Å². The molecule has 0 fully saturated rings. The van der Waals surface area contributed by atoms with Crippen LogP contribution in [0, 0.1) is 0 Å². The fourth-order valence-corrected chi connectivity index (χ4v) is 3.43. The van der Waals surface area contributed by atoms with Crippen LogP contribution in [-0.4, -0.2) is 94.3 Å². The van der Waals surface area contributed by atoms with Crippen LogP contribution in [0.5, 0.6) is 0 Å². The summed E-state index contributed by atoms with van der Waals surface area (Å²) in [5.41, 5.74) is 16.3. The van der Waals surface area contributed by atoms with Gasteiger partial charge in [-0.1, -0.05) is 0 Å². The Morgan fingerprint density at radius 1 is 0.914 bits per heavy atom. The van der Waals surface area contributed by atoms with Gasteiger partial charge in [0.25, 0.3) is 0 Å². The van der Waals surface area contributed by atoms with Crippen molar-refractivity contribution < 1.29 is 34.2 Å². The molecule has 0 bridgehead atoms. The van der Waals surface area contributed by atoms with Crippen LogP contribution < -0.4 is 33.2 Å². The number of nitrogens with one attached hydrogen (secondary N) is 3. The second kappa shape index (κ2) is 17.7. The molecule has 0 radical (unpaired) electrons. The molecule has 3 amide bonds. The van der Waals surface area contributed by atoms with Gasteiger partial charge in [0.1, 0.15) is 18.1 Å². The number of thioether (sulfide) groups is 1. The normalized spacial score (nSPS) is 14.0. The number of thiol groups is 1. The summed E-state index contributed by atoms with van der Waals surface area (Å²) in [5.74, 6) is -4.41. The van der Waals surface area contributed by atoms with Crippen molar-refractivity contribution in [1.82, 2.24) is 16.0 Å². The van der Waals surface area contributed by atoms with Gasteiger partial charge in [0.2, 0.25) is 17.7 Å². The van der Waals surface area contributed by atoms with Crippen LogP contribution >= 0.6 is 24.4 Å². The van der Waals surface area contributed by atoms with Gasteiger partial charge in [-0.15, -0.1) is 0 Å². The number of hydrogen-bond donors (Lipinski definition) is 9. The van der Waals surface area contributed by atoms with Gasteiger partial charge in [-0.3, -0.25) is 24.2 Å². The largest absolute Gasteiger partial charge is 0.481 e. The number of carboxylic acid groups (broad SMARTS) is 2. The molecule has 0 aromatic carbocycles. The van der Waals surface area contributed by atoms with Crippen LogP contribution in [0.3, 0.4) is 0 Å². The van der Waals surface area contributed by atoms with Crippen LogP contribution in [0.2, 0.25) is 0 Å². The van der Waals surface area contributed by atoms with Crippen molar-refractivity contribution in [2.45, 2.75) is 56.3 Å². The molecular weight excluding hydrogens is 502 g/mol. The first-order valence-corrected chi connectivity index (χ1v) is 12.7. The summed E-state index contributed by atoms with van der Waals surface area (Å²) in [6, 6.07) is -4.60. The lowest BCUT2D eigenvalue weighted by Gasteiger charge is -2.24. The Kier molecular flexibility index (Phi) is 16.3. The Balaban J connectivity index is 5.13. The molecule has 16 heteroatoms. The number of hydrogen-bond acceptors (Lipinski definition) is 9. The Hall–Kier alpha value is -2.72. The monoisotopic (exact) mass is 537 g/mol. The second-order valence-corrected chi connectivity index (χ2v) is 8.82. The Bertz CT molecular complexity index is 766. The van der Waals surface area contributed by atoms with Gasteiger partial charge in [0, 0.05) is 18.7 Å². The summed E-state index contributed by atoms with van der Waals surface area (Å²) in [7, 11) is 0. The number of guanidine groups is 1. The lowest BCUT2D eigenvalue weighted by molar-refractivity contribution is -0.143. The first-order chi connectivity index (χ1) is 16.4. The molecule has 0 saturated carbocycles. The van der Waals surface area contributed by atoms with E-state index in [1.807, 2.05) is 0 Å². The number of carbonyl (C=O) groups is 5. The van der Waals surface area contributed by atoms with Crippen molar-refractivity contribution in [3.8, 4) is 0 Å². The van der Waals surface area contributed by atoms with Crippen LogP contribution in [-0.2, 0) is 24.0 Å². The SMILES string of the molecule is CSCCC(NC(=O)C(CS)NC(=O)C(N)CCCN=C(N)N)C(=O)NC(CCC(=O)O)C(=O)O. The molecule has 0 heterocycles. The van der Waals surface area contributed by atoms with Crippen molar-refractivity contribution in [2.24, 2.45) is 22.2 Å². The van der Waals surface area contributed by atoms with Gasteiger partial charge in [-0.05, 0) is 37.7 Å². The van der Waals surface area contributed by atoms with Gasteiger partial charge in [-0.25, -0.2) is 4.79 Å². The molecule has 4 unspecified atom stereocenters. The number of amides is 3. The highest BCUT2D eigenvalue weighted by molar-refractivity contribution is 7.98. The maximum Gasteiger partial charge on any atom is 0.326 e. The van der Waals surface area contributed by atoms with E-state index >= 15 is 0 Å². The van der Waals surface area contributed by atoms with E-state index in [0.29, 0.717) is 12.2 Å². The molecule has 200 valence electrons. The van der Waals surface area contributed by atoms with Gasteiger partial charge in [-0.2, -0.15) is 24.4 Å². The summed E-state index contributed by atoms with van der Waals surface area (Å²) < 4.78 is 0. The summed E-state index contributed by atoms with van der Waals surface area (Å²) >= 11 is 5.48. The van der Waals surface area contributed by atoms with E-state index < -0.39 is 60.2 Å². The maximum atomic E-state index is 12.7. The summed E-state index contributed by atoms with van der Waals surface area (Å²) in [6.07, 6.45) is 1.87. The van der Waals surface area contributed by atoms with E-state index in [4.69, 9.17) is 22.3 Å². The number of carboxylic acids is 2. The average Bonchev–Trinajstić information content (AvgIpc) is 2.79. The van der Waals surface area contributed by atoms with Crippen molar-refractivity contribution in [3.63, 3.8) is 0 Å². The minimum Gasteiger partial charge on any atom is -0.481 e. The van der Waals surface area contributed by atoms with Crippen LogP contribution in [0.4, 0.5) is 0 Å². The fraction of sp³-hybridized carbons (Fsp3) is 0.684. The first-order valence-electron chi connectivity index (χ1n) is 10.7. The molecule has 0 rings (SSSR count). The number of aliphatic imine (C=N–C) groups is 1. The van der Waals surface area contributed by atoms with Crippen molar-refractivity contribution >= 4 is 60.0 Å². The Labute approximate surface area is 213 Å². The lowest BCUT2D eigenvalue weighted by Crippen LogP contribution is -2.57. The van der Waals surface area contributed by atoms with Gasteiger partial charge < -0.3 is 43.4 Å². The second-order valence-electron chi connectivity index (χ2n) is 7.47. The third-order valence-corrected chi connectivity index (χ3v) is 5.63. The Morgan fingerprint density at radius 3 is 2.00 bits per heavy atom. The predicted octanol–water partition coefficient (Wildman–Crippen LogP) is -2.55. The average molecular weight is 538 g/mol. The van der Waals surface area contributed by atoms with E-state index in [0.717, 1.165) is 0 Å². The molecule has 14 nitrogen and oxygen atoms in total. The Morgan fingerprint density at radius 2 is 1.49 bits per heavy atom. The molecule has 35 heavy (non-hydrogen) atoms. The molecule has 0 aromatic rings. The highest BCUT2D eigenvalue weighted by atomic mass is 32.2. The maximum absolute atomic E-state index is 12.7. The fourth-order valence-electron chi connectivity index (χ4n) is 2.70. The zero-order valence-electron chi connectivity index (χ0n) is 19.4. The zero-order valence-corrected chi connectivity index (χ0v) is 21.1. The molecule has 4 atom stereocenters. The number of carbonyl (C=O) groups excluding carboxylic acids is 3. The standard InChI is InChI=1S/C19H35N7O7S2/c1-35-8-6-11(16(30)25-12(18(32)33)4-5-14(27)28)24-17(31)13(9-34)26-15(29)10(20)3-2-7-23-19(21)22/h10-13,34H,2-9,20H2,1H3,(H,24,31)(H,25,30)(H,26,29)(H,27,28)(H,32,33)(H4,21,22,23). The predicted molar refractivity (Wildman–Crippen MR) is 135 cm³/mol.